The van der Waals surface area contributed by atoms with Crippen LogP contribution in [0.4, 0.5) is 5.69 Å². The van der Waals surface area contributed by atoms with Crippen molar-refractivity contribution in [2.45, 2.75) is 42.8 Å². The summed E-state index contributed by atoms with van der Waals surface area (Å²) >= 11 is 7.76. The number of hydrogen-bond donors (Lipinski definition) is 2. The number of benzene rings is 1. The molecule has 5 heteroatoms. The number of carbonyl (C=O) groups is 1. The summed E-state index contributed by atoms with van der Waals surface area (Å²) in [7, 11) is 0. The third-order valence-corrected chi connectivity index (χ3v) is 5.32. The van der Waals surface area contributed by atoms with Gasteiger partial charge >= 0.3 is 5.97 Å². The highest BCUT2D eigenvalue weighted by molar-refractivity contribution is 8.00. The standard InChI is InChI=1S/C14H18ClNO2S/c1-8-3-2-4-10(5-8)19-13-11(14(17)18)6-9(16)7-12(13)15/h6-8,10H,2-5,16H2,1H3,(H,17,18). The molecule has 104 valence electrons. The maximum Gasteiger partial charge on any atom is 0.336 e. The van der Waals surface area contributed by atoms with E-state index in [1.54, 1.807) is 17.8 Å². The molecule has 1 aliphatic rings. The molecule has 1 aromatic carbocycles. The van der Waals surface area contributed by atoms with E-state index in [1.807, 2.05) is 0 Å². The normalized spacial score (nSPS) is 23.3. The molecule has 1 aliphatic carbocycles. The molecule has 1 fully saturated rings. The fraction of sp³-hybridized carbons (Fsp3) is 0.500. The molecule has 2 unspecified atom stereocenters. The fourth-order valence-corrected chi connectivity index (χ4v) is 4.39. The van der Waals surface area contributed by atoms with E-state index >= 15 is 0 Å². The largest absolute Gasteiger partial charge is 0.478 e. The number of carboxylic acids is 1. The lowest BCUT2D eigenvalue weighted by atomic mass is 9.91. The van der Waals surface area contributed by atoms with Crippen molar-refractivity contribution in [1.82, 2.24) is 0 Å². The monoisotopic (exact) mass is 299 g/mol. The molecule has 0 spiro atoms. The second kappa shape index (κ2) is 6.06. The van der Waals surface area contributed by atoms with Crippen LogP contribution in [-0.2, 0) is 0 Å². The van der Waals surface area contributed by atoms with Crippen LogP contribution in [0.25, 0.3) is 0 Å². The number of halogens is 1. The van der Waals surface area contributed by atoms with Crippen molar-refractivity contribution in [3.8, 4) is 0 Å². The van der Waals surface area contributed by atoms with E-state index in [4.69, 9.17) is 17.3 Å². The Morgan fingerprint density at radius 3 is 2.84 bits per heavy atom. The van der Waals surface area contributed by atoms with Crippen LogP contribution in [0, 0.1) is 5.92 Å². The summed E-state index contributed by atoms with van der Waals surface area (Å²) in [5, 5.41) is 10.2. The van der Waals surface area contributed by atoms with Crippen molar-refractivity contribution >= 4 is 35.0 Å². The second-order valence-electron chi connectivity index (χ2n) is 5.20. The van der Waals surface area contributed by atoms with Gasteiger partial charge in [-0.2, -0.15) is 0 Å². The molecule has 0 radical (unpaired) electrons. The molecule has 0 aliphatic heterocycles. The average molecular weight is 300 g/mol. The minimum absolute atomic E-state index is 0.216. The SMILES string of the molecule is CC1CCCC(Sc2c(Cl)cc(N)cc2C(=O)O)C1. The van der Waals surface area contributed by atoms with Gasteiger partial charge in [0.2, 0.25) is 0 Å². The Hall–Kier alpha value is -0.870. The maximum absolute atomic E-state index is 11.3. The van der Waals surface area contributed by atoms with Gasteiger partial charge in [-0.05, 0) is 30.9 Å². The predicted octanol–water partition coefficient (Wildman–Crippen LogP) is 4.29. The van der Waals surface area contributed by atoms with Crippen LogP contribution in [0.1, 0.15) is 43.0 Å². The van der Waals surface area contributed by atoms with Crippen LogP contribution >= 0.6 is 23.4 Å². The Labute approximate surface area is 122 Å². The van der Waals surface area contributed by atoms with Crippen LogP contribution in [0.5, 0.6) is 0 Å². The van der Waals surface area contributed by atoms with E-state index in [1.165, 1.54) is 18.9 Å². The van der Waals surface area contributed by atoms with Crippen LogP contribution in [0.3, 0.4) is 0 Å². The van der Waals surface area contributed by atoms with Crippen LogP contribution in [0.2, 0.25) is 5.02 Å². The van der Waals surface area contributed by atoms with E-state index in [2.05, 4.69) is 6.92 Å². The van der Waals surface area contributed by atoms with Gasteiger partial charge in [0.05, 0.1) is 10.6 Å². The number of anilines is 1. The third kappa shape index (κ3) is 3.57. The molecule has 1 aromatic rings. The molecular formula is C14H18ClNO2S. The zero-order valence-corrected chi connectivity index (χ0v) is 12.4. The Morgan fingerprint density at radius 1 is 1.47 bits per heavy atom. The highest BCUT2D eigenvalue weighted by atomic mass is 35.5. The number of thioether (sulfide) groups is 1. The highest BCUT2D eigenvalue weighted by Crippen LogP contribution is 2.41. The summed E-state index contributed by atoms with van der Waals surface area (Å²) in [5.74, 6) is -0.271. The first-order chi connectivity index (χ1) is 8.97. The summed E-state index contributed by atoms with van der Waals surface area (Å²) in [6.45, 7) is 2.25. The Bertz CT molecular complexity index is 493. The van der Waals surface area contributed by atoms with Crippen molar-refractivity contribution in [3.05, 3.63) is 22.7 Å². The summed E-state index contributed by atoms with van der Waals surface area (Å²) in [6.07, 6.45) is 4.70. The van der Waals surface area contributed by atoms with E-state index in [0.717, 1.165) is 12.8 Å². The summed E-state index contributed by atoms with van der Waals surface area (Å²) < 4.78 is 0. The van der Waals surface area contributed by atoms with Crippen molar-refractivity contribution in [2.24, 2.45) is 5.92 Å². The van der Waals surface area contributed by atoms with Crippen molar-refractivity contribution in [3.63, 3.8) is 0 Å². The molecule has 1 saturated carbocycles. The molecule has 3 N–H and O–H groups in total. The van der Waals surface area contributed by atoms with Gasteiger partial charge in [-0.1, -0.05) is 31.4 Å². The van der Waals surface area contributed by atoms with E-state index in [0.29, 0.717) is 26.8 Å². The number of carboxylic acid groups (broad SMARTS) is 1. The third-order valence-electron chi connectivity index (χ3n) is 3.47. The van der Waals surface area contributed by atoms with Crippen molar-refractivity contribution in [1.29, 1.82) is 0 Å². The molecule has 0 aromatic heterocycles. The smallest absolute Gasteiger partial charge is 0.336 e. The Kier molecular flexibility index (Phi) is 4.63. The van der Waals surface area contributed by atoms with Crippen molar-refractivity contribution < 1.29 is 9.90 Å². The lowest BCUT2D eigenvalue weighted by Gasteiger charge is -2.27. The topological polar surface area (TPSA) is 63.3 Å². The Morgan fingerprint density at radius 2 is 2.21 bits per heavy atom. The molecule has 0 heterocycles. The van der Waals surface area contributed by atoms with Crippen LogP contribution < -0.4 is 5.73 Å². The van der Waals surface area contributed by atoms with Crippen LogP contribution in [-0.4, -0.2) is 16.3 Å². The molecular weight excluding hydrogens is 282 g/mol. The zero-order chi connectivity index (χ0) is 14.0. The van der Waals surface area contributed by atoms with Gasteiger partial charge < -0.3 is 10.8 Å². The lowest BCUT2D eigenvalue weighted by Crippen LogP contribution is -2.15. The molecule has 3 nitrogen and oxygen atoms in total. The first-order valence-corrected chi connectivity index (χ1v) is 7.72. The molecule has 0 amide bonds. The quantitative estimate of drug-likeness (QED) is 0.817. The number of nitrogen functional groups attached to an aromatic ring is 1. The first-order valence-electron chi connectivity index (χ1n) is 6.46. The molecule has 19 heavy (non-hydrogen) atoms. The Balaban J connectivity index is 2.26. The fourth-order valence-electron chi connectivity index (χ4n) is 2.55. The zero-order valence-electron chi connectivity index (χ0n) is 10.9. The minimum Gasteiger partial charge on any atom is -0.478 e. The summed E-state index contributed by atoms with van der Waals surface area (Å²) in [6, 6.07) is 3.12. The predicted molar refractivity (Wildman–Crippen MR) is 80.1 cm³/mol. The van der Waals surface area contributed by atoms with Gasteiger partial charge in [-0.25, -0.2) is 4.79 Å². The highest BCUT2D eigenvalue weighted by Gasteiger charge is 2.23. The molecule has 0 saturated heterocycles. The van der Waals surface area contributed by atoms with Gasteiger partial charge in [-0.15, -0.1) is 11.8 Å². The van der Waals surface area contributed by atoms with E-state index in [-0.39, 0.29) is 5.56 Å². The summed E-state index contributed by atoms with van der Waals surface area (Å²) in [5.41, 5.74) is 6.27. The number of aromatic carboxylic acids is 1. The first kappa shape index (κ1) is 14.5. The van der Waals surface area contributed by atoms with Crippen molar-refractivity contribution in [2.75, 3.05) is 5.73 Å². The van der Waals surface area contributed by atoms with Gasteiger partial charge in [0, 0.05) is 15.8 Å². The van der Waals surface area contributed by atoms with E-state index < -0.39 is 5.97 Å². The minimum atomic E-state index is -0.972. The lowest BCUT2D eigenvalue weighted by molar-refractivity contribution is 0.0693. The van der Waals surface area contributed by atoms with Gasteiger partial charge in [0.1, 0.15) is 0 Å². The summed E-state index contributed by atoms with van der Waals surface area (Å²) in [4.78, 5) is 12.0. The number of nitrogens with two attached hydrogens (primary N) is 1. The van der Waals surface area contributed by atoms with Gasteiger partial charge in [-0.3, -0.25) is 0 Å². The second-order valence-corrected chi connectivity index (χ2v) is 6.91. The van der Waals surface area contributed by atoms with Gasteiger partial charge in [0.15, 0.2) is 0 Å². The molecule has 0 bridgehead atoms. The maximum atomic E-state index is 11.3. The number of hydrogen-bond acceptors (Lipinski definition) is 3. The molecule has 2 rings (SSSR count). The van der Waals surface area contributed by atoms with Crippen LogP contribution in [0.15, 0.2) is 17.0 Å². The number of rotatable bonds is 3. The molecule has 2 atom stereocenters. The van der Waals surface area contributed by atoms with Gasteiger partial charge in [0.25, 0.3) is 0 Å². The average Bonchev–Trinajstić information content (AvgIpc) is 2.32. The van der Waals surface area contributed by atoms with E-state index in [9.17, 15) is 9.90 Å².